The Hall–Kier alpha value is -0.970. The molecule has 0 fully saturated rings. The van der Waals surface area contributed by atoms with Crippen LogP contribution in [0.4, 0.5) is 4.39 Å². The van der Waals surface area contributed by atoms with Crippen molar-refractivity contribution in [2.45, 2.75) is 32.7 Å². The minimum atomic E-state index is -0.218. The van der Waals surface area contributed by atoms with Crippen molar-refractivity contribution >= 4 is 0 Å². The van der Waals surface area contributed by atoms with Gasteiger partial charge in [0, 0.05) is 19.3 Å². The molecule has 3 nitrogen and oxygen atoms in total. The van der Waals surface area contributed by atoms with Gasteiger partial charge < -0.3 is 4.74 Å². The molecular weight excluding hydrogens is 219 g/mol. The maximum atomic E-state index is 13.0. The molecule has 1 atom stereocenters. The van der Waals surface area contributed by atoms with E-state index in [1.165, 1.54) is 12.1 Å². The molecule has 17 heavy (non-hydrogen) atoms. The van der Waals surface area contributed by atoms with Gasteiger partial charge in [-0.25, -0.2) is 4.39 Å². The maximum absolute atomic E-state index is 13.0. The summed E-state index contributed by atoms with van der Waals surface area (Å²) in [7, 11) is 0. The molecule has 1 unspecified atom stereocenters. The quantitative estimate of drug-likeness (QED) is 0.437. The smallest absolute Gasteiger partial charge is 0.123 e. The van der Waals surface area contributed by atoms with E-state index >= 15 is 0 Å². The summed E-state index contributed by atoms with van der Waals surface area (Å²) in [5.74, 6) is 5.31. The van der Waals surface area contributed by atoms with Crippen molar-refractivity contribution in [3.63, 3.8) is 0 Å². The predicted molar refractivity (Wildman–Crippen MR) is 66.9 cm³/mol. The van der Waals surface area contributed by atoms with E-state index < -0.39 is 0 Å². The van der Waals surface area contributed by atoms with Crippen LogP contribution in [0.25, 0.3) is 0 Å². The highest BCUT2D eigenvalue weighted by Gasteiger charge is 2.12. The summed E-state index contributed by atoms with van der Waals surface area (Å²) < 4.78 is 18.4. The first-order chi connectivity index (χ1) is 8.19. The molecule has 0 aromatic heterocycles. The van der Waals surface area contributed by atoms with E-state index in [0.29, 0.717) is 6.61 Å². The van der Waals surface area contributed by atoms with E-state index in [1.54, 1.807) is 6.07 Å². The van der Waals surface area contributed by atoms with Gasteiger partial charge in [0.05, 0.1) is 0 Å². The second-order valence-corrected chi connectivity index (χ2v) is 4.12. The summed E-state index contributed by atoms with van der Waals surface area (Å²) in [4.78, 5) is 0. The number of nitrogens with two attached hydrogens (primary N) is 1. The summed E-state index contributed by atoms with van der Waals surface area (Å²) in [5.41, 5.74) is 4.68. The summed E-state index contributed by atoms with van der Waals surface area (Å²) >= 11 is 0. The molecule has 4 heteroatoms. The lowest BCUT2D eigenvalue weighted by Gasteiger charge is -2.18. The Morgan fingerprint density at radius 2 is 2.18 bits per heavy atom. The molecule has 1 rings (SSSR count). The van der Waals surface area contributed by atoms with Crippen molar-refractivity contribution in [1.29, 1.82) is 0 Å². The number of nitrogens with one attached hydrogen (secondary N) is 1. The summed E-state index contributed by atoms with van der Waals surface area (Å²) in [6, 6.07) is 4.76. The van der Waals surface area contributed by atoms with Gasteiger partial charge in [-0.2, -0.15) is 0 Å². The number of hydrogen-bond donors (Lipinski definition) is 2. The van der Waals surface area contributed by atoms with E-state index in [1.807, 2.05) is 6.92 Å². The first kappa shape index (κ1) is 14.1. The number of hydrazine groups is 1. The lowest BCUT2D eigenvalue weighted by atomic mass is 9.99. The van der Waals surface area contributed by atoms with Crippen LogP contribution in [0, 0.1) is 12.7 Å². The van der Waals surface area contributed by atoms with Crippen LogP contribution >= 0.6 is 0 Å². The Balaban J connectivity index is 2.59. The molecule has 0 heterocycles. The zero-order chi connectivity index (χ0) is 12.7. The lowest BCUT2D eigenvalue weighted by molar-refractivity contribution is 0.124. The molecule has 0 spiro atoms. The summed E-state index contributed by atoms with van der Waals surface area (Å²) in [6.07, 6.45) is 1.79. The molecule has 0 saturated carbocycles. The Bertz CT molecular complexity index is 344. The summed E-state index contributed by atoms with van der Waals surface area (Å²) in [5, 5.41) is 0. The highest BCUT2D eigenvalue weighted by molar-refractivity contribution is 5.29. The predicted octanol–water partition coefficient (Wildman–Crippen LogP) is 2.46. The van der Waals surface area contributed by atoms with Crippen LogP contribution in [0.3, 0.4) is 0 Å². The molecule has 0 bridgehead atoms. The number of ether oxygens (including phenoxy) is 1. The minimum absolute atomic E-state index is 0.00690. The Morgan fingerprint density at radius 1 is 1.41 bits per heavy atom. The van der Waals surface area contributed by atoms with Gasteiger partial charge in [-0.1, -0.05) is 13.0 Å². The number of hydrogen-bond acceptors (Lipinski definition) is 3. The van der Waals surface area contributed by atoms with E-state index in [4.69, 9.17) is 10.6 Å². The molecule has 0 radical (unpaired) electrons. The van der Waals surface area contributed by atoms with Crippen LogP contribution in [-0.4, -0.2) is 13.2 Å². The second kappa shape index (κ2) is 7.37. The number of benzene rings is 1. The van der Waals surface area contributed by atoms with Gasteiger partial charge in [0.2, 0.25) is 0 Å². The second-order valence-electron chi connectivity index (χ2n) is 4.12. The standard InChI is InChI=1S/C13H21FN2O/c1-3-7-17-8-6-13(16-15)12-5-4-11(14)9-10(12)2/h4-5,9,13,16H,3,6-8,15H2,1-2H3. The monoisotopic (exact) mass is 240 g/mol. The topological polar surface area (TPSA) is 47.3 Å². The molecule has 0 aliphatic rings. The van der Waals surface area contributed by atoms with E-state index in [-0.39, 0.29) is 11.9 Å². The maximum Gasteiger partial charge on any atom is 0.123 e. The van der Waals surface area contributed by atoms with Crippen molar-refractivity contribution in [3.05, 3.63) is 35.1 Å². The molecule has 0 aliphatic carbocycles. The zero-order valence-corrected chi connectivity index (χ0v) is 10.5. The average molecular weight is 240 g/mol. The van der Waals surface area contributed by atoms with E-state index in [2.05, 4.69) is 12.3 Å². The van der Waals surface area contributed by atoms with Crippen LogP contribution in [0.15, 0.2) is 18.2 Å². The first-order valence-corrected chi connectivity index (χ1v) is 5.99. The average Bonchev–Trinajstić information content (AvgIpc) is 2.31. The fraction of sp³-hybridized carbons (Fsp3) is 0.538. The van der Waals surface area contributed by atoms with E-state index in [9.17, 15) is 4.39 Å². The van der Waals surface area contributed by atoms with Crippen molar-refractivity contribution in [2.75, 3.05) is 13.2 Å². The van der Waals surface area contributed by atoms with E-state index in [0.717, 1.165) is 30.6 Å². The van der Waals surface area contributed by atoms with Gasteiger partial charge in [0.15, 0.2) is 0 Å². The molecule has 1 aromatic rings. The normalized spacial score (nSPS) is 12.7. The van der Waals surface area contributed by atoms with Crippen molar-refractivity contribution < 1.29 is 9.13 Å². The molecular formula is C13H21FN2O. The molecule has 0 amide bonds. The SMILES string of the molecule is CCCOCCC(NN)c1ccc(F)cc1C. The number of rotatable bonds is 7. The van der Waals surface area contributed by atoms with Crippen LogP contribution in [0.5, 0.6) is 0 Å². The number of halogens is 1. The van der Waals surface area contributed by atoms with Crippen LogP contribution in [-0.2, 0) is 4.74 Å². The van der Waals surface area contributed by atoms with Crippen LogP contribution in [0.2, 0.25) is 0 Å². The van der Waals surface area contributed by atoms with Gasteiger partial charge in [-0.05, 0) is 43.0 Å². The Labute approximate surface area is 102 Å². The van der Waals surface area contributed by atoms with Gasteiger partial charge >= 0.3 is 0 Å². The third-order valence-corrected chi connectivity index (χ3v) is 2.71. The van der Waals surface area contributed by atoms with Gasteiger partial charge in [0.1, 0.15) is 5.82 Å². The lowest BCUT2D eigenvalue weighted by Crippen LogP contribution is -2.29. The van der Waals surface area contributed by atoms with Crippen LogP contribution in [0.1, 0.15) is 36.9 Å². The fourth-order valence-electron chi connectivity index (χ4n) is 1.81. The fourth-order valence-corrected chi connectivity index (χ4v) is 1.81. The Kier molecular flexibility index (Phi) is 6.11. The highest BCUT2D eigenvalue weighted by Crippen LogP contribution is 2.20. The molecule has 1 aromatic carbocycles. The minimum Gasteiger partial charge on any atom is -0.381 e. The molecule has 3 N–H and O–H groups in total. The van der Waals surface area contributed by atoms with Gasteiger partial charge in [-0.15, -0.1) is 0 Å². The van der Waals surface area contributed by atoms with Crippen molar-refractivity contribution in [1.82, 2.24) is 5.43 Å². The first-order valence-electron chi connectivity index (χ1n) is 5.99. The summed E-state index contributed by atoms with van der Waals surface area (Å²) in [6.45, 7) is 5.37. The Morgan fingerprint density at radius 3 is 2.76 bits per heavy atom. The molecule has 0 aliphatic heterocycles. The number of aryl methyl sites for hydroxylation is 1. The highest BCUT2D eigenvalue weighted by atomic mass is 19.1. The van der Waals surface area contributed by atoms with Gasteiger partial charge in [0.25, 0.3) is 0 Å². The molecule has 96 valence electrons. The third kappa shape index (κ3) is 4.42. The van der Waals surface area contributed by atoms with Crippen molar-refractivity contribution in [3.8, 4) is 0 Å². The molecule has 0 saturated heterocycles. The van der Waals surface area contributed by atoms with Crippen LogP contribution < -0.4 is 11.3 Å². The van der Waals surface area contributed by atoms with Crippen molar-refractivity contribution in [2.24, 2.45) is 5.84 Å². The van der Waals surface area contributed by atoms with Gasteiger partial charge in [-0.3, -0.25) is 11.3 Å². The zero-order valence-electron chi connectivity index (χ0n) is 10.5. The largest absolute Gasteiger partial charge is 0.381 e. The third-order valence-electron chi connectivity index (χ3n) is 2.71.